The van der Waals surface area contributed by atoms with Gasteiger partial charge in [0.2, 0.25) is 0 Å². The molecule has 0 radical (unpaired) electrons. The maximum atomic E-state index is 3.52. The Hall–Kier alpha value is -1.31. The van der Waals surface area contributed by atoms with E-state index < -0.39 is 0 Å². The van der Waals surface area contributed by atoms with Gasteiger partial charge in [0.1, 0.15) is 0 Å². The van der Waals surface area contributed by atoms with Crippen LogP contribution < -0.4 is 5.32 Å². The van der Waals surface area contributed by atoms with E-state index in [0.29, 0.717) is 5.92 Å². The van der Waals surface area contributed by atoms with Gasteiger partial charge in [-0.3, -0.25) is 0 Å². The second-order valence-electron chi connectivity index (χ2n) is 4.93. The fraction of sp³-hybridized carbons (Fsp3) is 0.294. The Labute approximate surface area is 122 Å². The minimum Gasteiger partial charge on any atom is -0.312 e. The third kappa shape index (κ3) is 5.06. The molecule has 0 spiro atoms. The number of nitrogens with one attached hydrogen (secondary N) is 1. The zero-order valence-corrected chi connectivity index (χ0v) is 12.4. The number of rotatable bonds is 5. The van der Waals surface area contributed by atoms with E-state index in [2.05, 4.69) is 73.8 Å². The lowest BCUT2D eigenvalue weighted by Gasteiger charge is -2.13. The van der Waals surface area contributed by atoms with Gasteiger partial charge in [0.25, 0.3) is 0 Å². The average Bonchev–Trinajstić information content (AvgIpc) is 2.42. The maximum absolute atomic E-state index is 3.52. The second-order valence-corrected chi connectivity index (χ2v) is 4.93. The van der Waals surface area contributed by atoms with E-state index in [1.165, 1.54) is 16.7 Å². The van der Waals surface area contributed by atoms with Crippen LogP contribution >= 0.6 is 12.4 Å². The molecule has 2 aromatic rings. The van der Waals surface area contributed by atoms with E-state index in [-0.39, 0.29) is 12.4 Å². The van der Waals surface area contributed by atoms with Gasteiger partial charge in [-0.15, -0.1) is 12.4 Å². The standard InChI is InChI=1S/C17H21N.ClH/c1-14-8-10-16(11-9-14)13-18-12-15(2)17-6-4-3-5-7-17;/h3-11,15,18H,12-13H2,1-2H3;1H. The molecule has 0 saturated heterocycles. The lowest BCUT2D eigenvalue weighted by atomic mass is 10.0. The molecule has 0 saturated carbocycles. The molecule has 0 heterocycles. The largest absolute Gasteiger partial charge is 0.312 e. The summed E-state index contributed by atoms with van der Waals surface area (Å²) in [5.41, 5.74) is 4.06. The number of benzene rings is 2. The van der Waals surface area contributed by atoms with E-state index in [1.807, 2.05) is 0 Å². The predicted molar refractivity (Wildman–Crippen MR) is 85.0 cm³/mol. The van der Waals surface area contributed by atoms with Crippen molar-refractivity contribution in [2.75, 3.05) is 6.54 Å². The van der Waals surface area contributed by atoms with Gasteiger partial charge in [0.05, 0.1) is 0 Å². The van der Waals surface area contributed by atoms with Crippen molar-refractivity contribution in [2.24, 2.45) is 0 Å². The van der Waals surface area contributed by atoms with Gasteiger partial charge in [-0.25, -0.2) is 0 Å². The van der Waals surface area contributed by atoms with Crippen LogP contribution in [-0.2, 0) is 6.54 Å². The first-order chi connectivity index (χ1) is 8.75. The monoisotopic (exact) mass is 275 g/mol. The van der Waals surface area contributed by atoms with E-state index in [0.717, 1.165) is 13.1 Å². The predicted octanol–water partition coefficient (Wildman–Crippen LogP) is 4.31. The first-order valence-corrected chi connectivity index (χ1v) is 6.57. The Morgan fingerprint density at radius 2 is 1.58 bits per heavy atom. The fourth-order valence-electron chi connectivity index (χ4n) is 2.04. The summed E-state index contributed by atoms with van der Waals surface area (Å²) < 4.78 is 0. The van der Waals surface area contributed by atoms with Crippen LogP contribution in [0.2, 0.25) is 0 Å². The topological polar surface area (TPSA) is 12.0 Å². The first-order valence-electron chi connectivity index (χ1n) is 6.57. The van der Waals surface area contributed by atoms with E-state index in [9.17, 15) is 0 Å². The van der Waals surface area contributed by atoms with Gasteiger partial charge in [0.15, 0.2) is 0 Å². The fourth-order valence-corrected chi connectivity index (χ4v) is 2.04. The molecule has 0 bridgehead atoms. The maximum Gasteiger partial charge on any atom is 0.0205 e. The molecule has 0 fully saturated rings. The van der Waals surface area contributed by atoms with Crippen molar-refractivity contribution >= 4 is 12.4 Å². The summed E-state index contributed by atoms with van der Waals surface area (Å²) in [7, 11) is 0. The minimum absolute atomic E-state index is 0. The molecular weight excluding hydrogens is 254 g/mol. The van der Waals surface area contributed by atoms with Crippen LogP contribution in [0.15, 0.2) is 54.6 Å². The molecule has 0 aromatic heterocycles. The van der Waals surface area contributed by atoms with Gasteiger partial charge >= 0.3 is 0 Å². The lowest BCUT2D eigenvalue weighted by Crippen LogP contribution is -2.19. The van der Waals surface area contributed by atoms with Crippen LogP contribution in [0.4, 0.5) is 0 Å². The Balaban J connectivity index is 0.00000180. The highest BCUT2D eigenvalue weighted by Crippen LogP contribution is 2.13. The van der Waals surface area contributed by atoms with E-state index in [1.54, 1.807) is 0 Å². The molecule has 0 aliphatic carbocycles. The van der Waals surface area contributed by atoms with Crippen molar-refractivity contribution in [3.8, 4) is 0 Å². The molecule has 1 atom stereocenters. The quantitative estimate of drug-likeness (QED) is 0.857. The van der Waals surface area contributed by atoms with Crippen LogP contribution in [-0.4, -0.2) is 6.54 Å². The van der Waals surface area contributed by atoms with Crippen molar-refractivity contribution in [1.82, 2.24) is 5.32 Å². The summed E-state index contributed by atoms with van der Waals surface area (Å²) in [5.74, 6) is 0.552. The molecule has 19 heavy (non-hydrogen) atoms. The third-order valence-electron chi connectivity index (χ3n) is 3.27. The summed E-state index contributed by atoms with van der Waals surface area (Å²) in [4.78, 5) is 0. The van der Waals surface area contributed by atoms with Gasteiger partial charge in [-0.2, -0.15) is 0 Å². The van der Waals surface area contributed by atoms with Crippen molar-refractivity contribution in [3.05, 3.63) is 71.3 Å². The van der Waals surface area contributed by atoms with Gasteiger partial charge in [0, 0.05) is 13.1 Å². The van der Waals surface area contributed by atoms with Crippen molar-refractivity contribution in [3.63, 3.8) is 0 Å². The van der Waals surface area contributed by atoms with Crippen LogP contribution in [0.5, 0.6) is 0 Å². The van der Waals surface area contributed by atoms with Crippen molar-refractivity contribution in [2.45, 2.75) is 26.3 Å². The van der Waals surface area contributed by atoms with Gasteiger partial charge < -0.3 is 5.32 Å². The SMILES string of the molecule is Cc1ccc(CNCC(C)c2ccccc2)cc1.Cl. The van der Waals surface area contributed by atoms with E-state index in [4.69, 9.17) is 0 Å². The molecular formula is C17H22ClN. The average molecular weight is 276 g/mol. The number of aryl methyl sites for hydroxylation is 1. The van der Waals surface area contributed by atoms with Crippen molar-refractivity contribution < 1.29 is 0 Å². The zero-order valence-electron chi connectivity index (χ0n) is 11.6. The van der Waals surface area contributed by atoms with Gasteiger partial charge in [-0.05, 0) is 24.0 Å². The molecule has 1 unspecified atom stereocenters. The van der Waals surface area contributed by atoms with Gasteiger partial charge in [-0.1, -0.05) is 67.1 Å². The molecule has 1 N–H and O–H groups in total. The molecule has 102 valence electrons. The Morgan fingerprint density at radius 3 is 2.21 bits per heavy atom. The Kier molecular flexibility index (Phi) is 6.61. The minimum atomic E-state index is 0. The van der Waals surface area contributed by atoms with Crippen LogP contribution in [0.1, 0.15) is 29.5 Å². The van der Waals surface area contributed by atoms with Crippen LogP contribution in [0.25, 0.3) is 0 Å². The zero-order chi connectivity index (χ0) is 12.8. The summed E-state index contributed by atoms with van der Waals surface area (Å²) in [6.07, 6.45) is 0. The first kappa shape index (κ1) is 15.7. The molecule has 0 aliphatic rings. The normalized spacial score (nSPS) is 11.7. The molecule has 0 aliphatic heterocycles. The molecule has 2 rings (SSSR count). The van der Waals surface area contributed by atoms with E-state index >= 15 is 0 Å². The number of hydrogen-bond acceptors (Lipinski definition) is 1. The Morgan fingerprint density at radius 1 is 0.947 bits per heavy atom. The van der Waals surface area contributed by atoms with Crippen LogP contribution in [0.3, 0.4) is 0 Å². The molecule has 0 amide bonds. The summed E-state index contributed by atoms with van der Waals surface area (Å²) in [6.45, 7) is 6.33. The van der Waals surface area contributed by atoms with Crippen molar-refractivity contribution in [1.29, 1.82) is 0 Å². The highest BCUT2D eigenvalue weighted by Gasteiger charge is 2.03. The molecule has 2 heteroatoms. The number of halogens is 1. The number of hydrogen-bond donors (Lipinski definition) is 1. The lowest BCUT2D eigenvalue weighted by molar-refractivity contribution is 0.615. The molecule has 2 aromatic carbocycles. The second kappa shape index (κ2) is 7.98. The summed E-state index contributed by atoms with van der Waals surface area (Å²) >= 11 is 0. The Bertz CT molecular complexity index is 464. The smallest absolute Gasteiger partial charge is 0.0205 e. The van der Waals surface area contributed by atoms with Crippen LogP contribution in [0, 0.1) is 6.92 Å². The molecule has 1 nitrogen and oxygen atoms in total. The highest BCUT2D eigenvalue weighted by atomic mass is 35.5. The third-order valence-corrected chi connectivity index (χ3v) is 3.27. The summed E-state index contributed by atoms with van der Waals surface area (Å²) in [6, 6.07) is 19.4. The highest BCUT2D eigenvalue weighted by molar-refractivity contribution is 5.85. The summed E-state index contributed by atoms with van der Waals surface area (Å²) in [5, 5.41) is 3.52.